The zero-order valence-corrected chi connectivity index (χ0v) is 13.9. The Bertz CT molecular complexity index is 347. The van der Waals surface area contributed by atoms with Gasteiger partial charge in [0.05, 0.1) is 0 Å². The van der Waals surface area contributed by atoms with Crippen LogP contribution in [0.1, 0.15) is 58.8 Å². The molecule has 1 heterocycles. The van der Waals surface area contributed by atoms with Crippen LogP contribution in [0.3, 0.4) is 0 Å². The second-order valence-electron chi connectivity index (χ2n) is 7.12. The van der Waals surface area contributed by atoms with Gasteiger partial charge >= 0.3 is 0 Å². The Morgan fingerprint density at radius 2 is 2.10 bits per heavy atom. The zero-order valence-electron chi connectivity index (χ0n) is 13.9. The molecular weight excluding hydrogens is 262 g/mol. The second kappa shape index (κ2) is 7.59. The molecule has 2 aliphatic rings. The number of likely N-dealkylation sites (N-methyl/N-ethyl adjacent to an activating group) is 1. The van der Waals surface area contributed by atoms with Gasteiger partial charge in [0, 0.05) is 0 Å². The topological polar surface area (TPSA) is 58.4 Å². The van der Waals surface area contributed by atoms with Gasteiger partial charge in [-0.2, -0.15) is 0 Å². The predicted octanol–water partition coefficient (Wildman–Crippen LogP) is 2.13. The van der Waals surface area contributed by atoms with Crippen molar-refractivity contribution in [2.45, 2.75) is 64.3 Å². The minimum atomic E-state index is -0.437. The molecule has 1 saturated heterocycles. The van der Waals surface area contributed by atoms with E-state index in [2.05, 4.69) is 24.1 Å². The number of hydrogen-bond donors (Lipinski definition) is 2. The summed E-state index contributed by atoms with van der Waals surface area (Å²) < 4.78 is 0. The van der Waals surface area contributed by atoms with Gasteiger partial charge in [-0.3, -0.25) is 4.79 Å². The number of nitrogens with two attached hydrogens (primary N) is 1. The minimum absolute atomic E-state index is 0.142. The van der Waals surface area contributed by atoms with E-state index in [0.29, 0.717) is 5.92 Å². The number of likely N-dealkylation sites (tertiary alicyclic amines) is 1. The van der Waals surface area contributed by atoms with E-state index in [9.17, 15) is 4.79 Å². The van der Waals surface area contributed by atoms with E-state index < -0.39 is 5.54 Å². The Hall–Kier alpha value is -0.610. The molecule has 3 unspecified atom stereocenters. The molecule has 122 valence electrons. The van der Waals surface area contributed by atoms with Crippen molar-refractivity contribution in [2.75, 3.05) is 26.2 Å². The first-order valence-corrected chi connectivity index (χ1v) is 8.85. The summed E-state index contributed by atoms with van der Waals surface area (Å²) >= 11 is 0. The quantitative estimate of drug-likeness (QED) is 0.789. The molecule has 4 nitrogen and oxygen atoms in total. The molecule has 0 aromatic carbocycles. The van der Waals surface area contributed by atoms with Crippen molar-refractivity contribution in [1.29, 1.82) is 0 Å². The van der Waals surface area contributed by atoms with E-state index in [1.54, 1.807) is 0 Å². The molecule has 2 rings (SSSR count). The molecule has 3 N–H and O–H groups in total. The molecule has 21 heavy (non-hydrogen) atoms. The summed E-state index contributed by atoms with van der Waals surface area (Å²) in [6, 6.07) is 0. The van der Waals surface area contributed by atoms with Gasteiger partial charge in [-0.25, -0.2) is 0 Å². The summed E-state index contributed by atoms with van der Waals surface area (Å²) in [4.78, 5) is 14.6. The summed E-state index contributed by atoms with van der Waals surface area (Å²) in [5.74, 6) is 1.14. The highest BCUT2D eigenvalue weighted by atomic mass is 16.1. The van der Waals surface area contributed by atoms with E-state index in [1.807, 2.05) is 0 Å². The summed E-state index contributed by atoms with van der Waals surface area (Å²) in [5, 5.41) is 3.42. The molecule has 1 aliphatic carbocycles. The van der Waals surface area contributed by atoms with Gasteiger partial charge in [-0.1, -0.05) is 20.3 Å². The van der Waals surface area contributed by atoms with Gasteiger partial charge < -0.3 is 16.0 Å². The molecule has 1 saturated carbocycles. The van der Waals surface area contributed by atoms with Crippen molar-refractivity contribution in [3.8, 4) is 0 Å². The van der Waals surface area contributed by atoms with E-state index in [4.69, 9.17) is 5.73 Å². The number of amides is 1. The zero-order chi connectivity index (χ0) is 15.3. The summed E-state index contributed by atoms with van der Waals surface area (Å²) in [5.41, 5.74) is 5.31. The SMILES string of the molecule is CCNC1(C(N)=O)CCCC1CCN1CCCC(C)CC1. The van der Waals surface area contributed by atoms with Crippen molar-refractivity contribution >= 4 is 5.91 Å². The summed E-state index contributed by atoms with van der Waals surface area (Å²) in [7, 11) is 0. The van der Waals surface area contributed by atoms with Crippen LogP contribution in [-0.2, 0) is 4.79 Å². The van der Waals surface area contributed by atoms with Gasteiger partial charge in [0.25, 0.3) is 0 Å². The summed E-state index contributed by atoms with van der Waals surface area (Å²) in [6.07, 6.45) is 8.28. The van der Waals surface area contributed by atoms with Crippen LogP contribution in [0, 0.1) is 11.8 Å². The fourth-order valence-electron chi connectivity index (χ4n) is 4.31. The molecule has 1 aliphatic heterocycles. The molecule has 3 atom stereocenters. The monoisotopic (exact) mass is 295 g/mol. The Labute approximate surface area is 129 Å². The van der Waals surface area contributed by atoms with Crippen LogP contribution in [0.2, 0.25) is 0 Å². The van der Waals surface area contributed by atoms with Crippen molar-refractivity contribution in [3.05, 3.63) is 0 Å². The third-order valence-electron chi connectivity index (χ3n) is 5.66. The van der Waals surface area contributed by atoms with Crippen LogP contribution in [0.25, 0.3) is 0 Å². The molecular formula is C17H33N3O. The first kappa shape index (κ1) is 16.8. The number of hydrogen-bond acceptors (Lipinski definition) is 3. The minimum Gasteiger partial charge on any atom is -0.368 e. The Balaban J connectivity index is 1.90. The maximum Gasteiger partial charge on any atom is 0.238 e. The Kier molecular flexibility index (Phi) is 6.06. The first-order valence-electron chi connectivity index (χ1n) is 8.85. The lowest BCUT2D eigenvalue weighted by atomic mass is 9.83. The number of primary amides is 1. The number of carbonyl (C=O) groups excluding carboxylic acids is 1. The average Bonchev–Trinajstić information content (AvgIpc) is 2.74. The van der Waals surface area contributed by atoms with Crippen LogP contribution in [0.15, 0.2) is 0 Å². The van der Waals surface area contributed by atoms with Crippen LogP contribution in [-0.4, -0.2) is 42.5 Å². The van der Waals surface area contributed by atoms with E-state index in [0.717, 1.165) is 44.7 Å². The third kappa shape index (κ3) is 3.98. The van der Waals surface area contributed by atoms with Crippen LogP contribution in [0.4, 0.5) is 0 Å². The Morgan fingerprint density at radius 3 is 2.81 bits per heavy atom. The summed E-state index contributed by atoms with van der Waals surface area (Å²) in [6.45, 7) is 8.82. The highest BCUT2D eigenvalue weighted by Gasteiger charge is 2.46. The number of rotatable bonds is 6. The number of nitrogens with one attached hydrogen (secondary N) is 1. The maximum atomic E-state index is 12.0. The molecule has 1 amide bonds. The molecule has 0 aromatic rings. The van der Waals surface area contributed by atoms with Gasteiger partial charge in [-0.05, 0) is 76.5 Å². The average molecular weight is 295 g/mol. The van der Waals surface area contributed by atoms with Gasteiger partial charge in [0.2, 0.25) is 5.91 Å². The van der Waals surface area contributed by atoms with Crippen LogP contribution in [0.5, 0.6) is 0 Å². The Morgan fingerprint density at radius 1 is 1.29 bits per heavy atom. The van der Waals surface area contributed by atoms with Crippen molar-refractivity contribution in [1.82, 2.24) is 10.2 Å². The predicted molar refractivity (Wildman–Crippen MR) is 87.0 cm³/mol. The molecule has 0 aromatic heterocycles. The van der Waals surface area contributed by atoms with Crippen LogP contribution < -0.4 is 11.1 Å². The second-order valence-corrected chi connectivity index (χ2v) is 7.12. The van der Waals surface area contributed by atoms with Gasteiger partial charge in [0.1, 0.15) is 5.54 Å². The normalized spacial score (nSPS) is 34.8. The van der Waals surface area contributed by atoms with Crippen LogP contribution >= 0.6 is 0 Å². The van der Waals surface area contributed by atoms with Gasteiger partial charge in [-0.15, -0.1) is 0 Å². The number of nitrogens with zero attached hydrogens (tertiary/aromatic N) is 1. The van der Waals surface area contributed by atoms with E-state index >= 15 is 0 Å². The standard InChI is InChI=1S/C17H33N3O/c1-3-19-17(16(18)21)10-4-7-15(17)9-13-20-11-5-6-14(2)8-12-20/h14-15,19H,3-13H2,1-2H3,(H2,18,21). The van der Waals surface area contributed by atoms with Crippen molar-refractivity contribution in [3.63, 3.8) is 0 Å². The highest BCUT2D eigenvalue weighted by Crippen LogP contribution is 2.38. The smallest absolute Gasteiger partial charge is 0.238 e. The third-order valence-corrected chi connectivity index (χ3v) is 5.66. The highest BCUT2D eigenvalue weighted by molar-refractivity contribution is 5.85. The lowest BCUT2D eigenvalue weighted by molar-refractivity contribution is -0.126. The molecule has 0 radical (unpaired) electrons. The van der Waals surface area contributed by atoms with Gasteiger partial charge in [0.15, 0.2) is 0 Å². The lowest BCUT2D eigenvalue weighted by Gasteiger charge is -2.34. The first-order chi connectivity index (χ1) is 10.1. The fourth-order valence-corrected chi connectivity index (χ4v) is 4.31. The molecule has 0 bridgehead atoms. The van der Waals surface area contributed by atoms with Crippen molar-refractivity contribution < 1.29 is 4.79 Å². The largest absolute Gasteiger partial charge is 0.368 e. The van der Waals surface area contributed by atoms with E-state index in [1.165, 1.54) is 32.4 Å². The fraction of sp³-hybridized carbons (Fsp3) is 0.941. The van der Waals surface area contributed by atoms with E-state index in [-0.39, 0.29) is 5.91 Å². The number of carbonyl (C=O) groups is 1. The molecule has 0 spiro atoms. The van der Waals surface area contributed by atoms with Crippen molar-refractivity contribution in [2.24, 2.45) is 17.6 Å². The lowest BCUT2D eigenvalue weighted by Crippen LogP contribution is -2.58. The molecule has 4 heteroatoms. The maximum absolute atomic E-state index is 12.0. The molecule has 2 fully saturated rings.